The predicted octanol–water partition coefficient (Wildman–Crippen LogP) is 1.16. The van der Waals surface area contributed by atoms with Gasteiger partial charge >= 0.3 is 0 Å². The number of thioether (sulfide) groups is 1. The Bertz CT molecular complexity index is 1060. The second-order valence-corrected chi connectivity index (χ2v) is 7.40. The average Bonchev–Trinajstić information content (AvgIpc) is 3.33. The van der Waals surface area contributed by atoms with Crippen molar-refractivity contribution in [2.75, 3.05) is 31.9 Å². The fourth-order valence-electron chi connectivity index (χ4n) is 2.80. The minimum atomic E-state index is -0.523. The van der Waals surface area contributed by atoms with Gasteiger partial charge in [0.15, 0.2) is 11.0 Å². The molecular formula is C19H23N7O4S. The van der Waals surface area contributed by atoms with Crippen LogP contribution in [0.1, 0.15) is 10.4 Å². The SMILES string of the molecule is COCCn1c(SCC(=O)Nc2ccc(C(N)=O)cc2)nnc1-c1cn(C)nc1OC. The third-order valence-corrected chi connectivity index (χ3v) is 5.22. The summed E-state index contributed by atoms with van der Waals surface area (Å²) in [5.74, 6) is 0.380. The number of primary amides is 1. The number of amides is 2. The van der Waals surface area contributed by atoms with Crippen LogP contribution in [0.5, 0.6) is 5.88 Å². The lowest BCUT2D eigenvalue weighted by molar-refractivity contribution is -0.113. The highest BCUT2D eigenvalue weighted by atomic mass is 32.2. The molecule has 0 atom stereocenters. The minimum Gasteiger partial charge on any atom is -0.479 e. The lowest BCUT2D eigenvalue weighted by atomic mass is 10.2. The summed E-state index contributed by atoms with van der Waals surface area (Å²) in [6.45, 7) is 0.939. The van der Waals surface area contributed by atoms with Gasteiger partial charge < -0.3 is 20.5 Å². The quantitative estimate of drug-likeness (QED) is 0.443. The lowest BCUT2D eigenvalue weighted by Crippen LogP contribution is -2.16. The van der Waals surface area contributed by atoms with Crippen molar-refractivity contribution >= 4 is 29.3 Å². The molecular weight excluding hydrogens is 422 g/mol. The van der Waals surface area contributed by atoms with Gasteiger partial charge in [-0.05, 0) is 24.3 Å². The summed E-state index contributed by atoms with van der Waals surface area (Å²) in [7, 11) is 4.94. The molecule has 2 aromatic heterocycles. The molecule has 0 saturated carbocycles. The van der Waals surface area contributed by atoms with Gasteiger partial charge in [0.2, 0.25) is 17.7 Å². The molecule has 2 amide bonds. The Morgan fingerprint density at radius 1 is 1.19 bits per heavy atom. The lowest BCUT2D eigenvalue weighted by Gasteiger charge is -2.09. The van der Waals surface area contributed by atoms with E-state index in [1.54, 1.807) is 49.3 Å². The molecule has 0 aliphatic heterocycles. The molecule has 0 spiro atoms. The van der Waals surface area contributed by atoms with E-state index in [9.17, 15) is 9.59 Å². The van der Waals surface area contributed by atoms with E-state index in [2.05, 4.69) is 20.6 Å². The first-order chi connectivity index (χ1) is 14.9. The van der Waals surface area contributed by atoms with Crippen LogP contribution in [0.25, 0.3) is 11.4 Å². The first-order valence-corrected chi connectivity index (χ1v) is 10.2. The molecule has 31 heavy (non-hydrogen) atoms. The number of hydrogen-bond donors (Lipinski definition) is 2. The summed E-state index contributed by atoms with van der Waals surface area (Å²) in [6.07, 6.45) is 1.79. The van der Waals surface area contributed by atoms with Crippen LogP contribution in [0.4, 0.5) is 5.69 Å². The largest absolute Gasteiger partial charge is 0.479 e. The van der Waals surface area contributed by atoms with Gasteiger partial charge in [-0.1, -0.05) is 11.8 Å². The van der Waals surface area contributed by atoms with E-state index in [0.29, 0.717) is 46.8 Å². The molecule has 0 aliphatic carbocycles. The Balaban J connectivity index is 1.72. The van der Waals surface area contributed by atoms with Crippen LogP contribution in [0.3, 0.4) is 0 Å². The van der Waals surface area contributed by atoms with Crippen LogP contribution in [0.2, 0.25) is 0 Å². The van der Waals surface area contributed by atoms with E-state index >= 15 is 0 Å². The average molecular weight is 446 g/mol. The molecule has 3 rings (SSSR count). The molecule has 0 fully saturated rings. The first kappa shape index (κ1) is 22.3. The zero-order valence-electron chi connectivity index (χ0n) is 17.4. The van der Waals surface area contributed by atoms with E-state index in [1.807, 2.05) is 4.57 Å². The van der Waals surface area contributed by atoms with E-state index in [1.165, 1.54) is 18.9 Å². The first-order valence-electron chi connectivity index (χ1n) is 9.25. The molecule has 3 aromatic rings. The Morgan fingerprint density at radius 3 is 2.58 bits per heavy atom. The number of nitrogens with two attached hydrogens (primary N) is 1. The van der Waals surface area contributed by atoms with E-state index < -0.39 is 5.91 Å². The Labute approximate surface area is 182 Å². The third kappa shape index (κ3) is 5.41. The van der Waals surface area contributed by atoms with Gasteiger partial charge in [-0.3, -0.25) is 18.8 Å². The number of carbonyl (C=O) groups excluding carboxylic acids is 2. The van der Waals surface area contributed by atoms with Crippen molar-refractivity contribution in [1.29, 1.82) is 0 Å². The molecule has 3 N–H and O–H groups in total. The van der Waals surface area contributed by atoms with Gasteiger partial charge in [-0.15, -0.1) is 15.3 Å². The minimum absolute atomic E-state index is 0.118. The van der Waals surface area contributed by atoms with Crippen molar-refractivity contribution in [2.24, 2.45) is 12.8 Å². The van der Waals surface area contributed by atoms with Crippen LogP contribution < -0.4 is 15.8 Å². The van der Waals surface area contributed by atoms with Crippen molar-refractivity contribution < 1.29 is 19.1 Å². The smallest absolute Gasteiger partial charge is 0.248 e. The Morgan fingerprint density at radius 2 is 1.94 bits per heavy atom. The monoisotopic (exact) mass is 445 g/mol. The van der Waals surface area contributed by atoms with Gasteiger partial charge in [0, 0.05) is 31.6 Å². The molecule has 0 aliphatic rings. The van der Waals surface area contributed by atoms with Crippen LogP contribution >= 0.6 is 11.8 Å². The number of ether oxygens (including phenoxy) is 2. The van der Waals surface area contributed by atoms with Crippen LogP contribution in [0.15, 0.2) is 35.6 Å². The van der Waals surface area contributed by atoms with Crippen molar-refractivity contribution in [2.45, 2.75) is 11.7 Å². The van der Waals surface area contributed by atoms with E-state index in [0.717, 1.165) is 0 Å². The maximum absolute atomic E-state index is 12.4. The molecule has 0 unspecified atom stereocenters. The van der Waals surface area contributed by atoms with Crippen molar-refractivity contribution in [3.05, 3.63) is 36.0 Å². The molecule has 0 saturated heterocycles. The summed E-state index contributed by atoms with van der Waals surface area (Å²) in [4.78, 5) is 23.5. The molecule has 0 radical (unpaired) electrons. The van der Waals surface area contributed by atoms with Gasteiger partial charge in [0.25, 0.3) is 0 Å². The topological polar surface area (TPSA) is 139 Å². The number of nitrogens with one attached hydrogen (secondary N) is 1. The molecule has 2 heterocycles. The Hall–Kier alpha value is -3.38. The second-order valence-electron chi connectivity index (χ2n) is 6.45. The highest BCUT2D eigenvalue weighted by Gasteiger charge is 2.21. The van der Waals surface area contributed by atoms with Gasteiger partial charge in [0.1, 0.15) is 5.56 Å². The summed E-state index contributed by atoms with van der Waals surface area (Å²) in [5, 5.41) is 16.1. The fraction of sp³-hybridized carbons (Fsp3) is 0.316. The number of aromatic nitrogens is 5. The highest BCUT2D eigenvalue weighted by molar-refractivity contribution is 7.99. The van der Waals surface area contributed by atoms with Gasteiger partial charge in [-0.25, -0.2) is 0 Å². The van der Waals surface area contributed by atoms with E-state index in [4.69, 9.17) is 15.2 Å². The zero-order valence-corrected chi connectivity index (χ0v) is 18.2. The number of benzene rings is 1. The fourth-order valence-corrected chi connectivity index (χ4v) is 3.56. The zero-order chi connectivity index (χ0) is 22.4. The summed E-state index contributed by atoms with van der Waals surface area (Å²) in [6, 6.07) is 6.35. The van der Waals surface area contributed by atoms with Crippen molar-refractivity contribution in [3.8, 4) is 17.3 Å². The molecule has 11 nitrogen and oxygen atoms in total. The van der Waals surface area contributed by atoms with Crippen molar-refractivity contribution in [3.63, 3.8) is 0 Å². The number of nitrogens with zero attached hydrogens (tertiary/aromatic N) is 5. The van der Waals surface area contributed by atoms with Crippen LogP contribution in [0, 0.1) is 0 Å². The summed E-state index contributed by atoms with van der Waals surface area (Å²) < 4.78 is 14.0. The van der Waals surface area contributed by atoms with Gasteiger partial charge in [-0.2, -0.15) is 0 Å². The van der Waals surface area contributed by atoms with Gasteiger partial charge in [0.05, 0.1) is 26.0 Å². The number of aryl methyl sites for hydroxylation is 1. The van der Waals surface area contributed by atoms with Crippen LogP contribution in [-0.2, 0) is 23.1 Å². The second kappa shape index (κ2) is 10.1. The molecule has 1 aromatic carbocycles. The van der Waals surface area contributed by atoms with Crippen molar-refractivity contribution in [1.82, 2.24) is 24.5 Å². The maximum Gasteiger partial charge on any atom is 0.248 e. The molecule has 12 heteroatoms. The van der Waals surface area contributed by atoms with E-state index in [-0.39, 0.29) is 11.7 Å². The highest BCUT2D eigenvalue weighted by Crippen LogP contribution is 2.30. The number of hydrogen-bond acceptors (Lipinski definition) is 8. The number of carbonyl (C=O) groups is 2. The standard InChI is InChI=1S/C19H23N7O4S/c1-25-10-14(18(24-25)30-3)17-22-23-19(26(17)8-9-29-2)31-11-15(27)21-13-6-4-12(5-7-13)16(20)28/h4-7,10H,8-9,11H2,1-3H3,(H2,20,28)(H,21,27). The molecule has 0 bridgehead atoms. The predicted molar refractivity (Wildman–Crippen MR) is 115 cm³/mol. The number of anilines is 1. The van der Waals surface area contributed by atoms with Crippen LogP contribution in [-0.4, -0.2) is 62.9 Å². The number of rotatable bonds is 10. The Kier molecular flexibility index (Phi) is 7.26. The summed E-state index contributed by atoms with van der Waals surface area (Å²) >= 11 is 1.25. The number of methoxy groups -OCH3 is 2. The molecule has 164 valence electrons. The third-order valence-electron chi connectivity index (χ3n) is 4.25. The maximum atomic E-state index is 12.4. The normalized spacial score (nSPS) is 10.8. The summed E-state index contributed by atoms with van der Waals surface area (Å²) in [5.41, 5.74) is 6.86.